The quantitative estimate of drug-likeness (QED) is 0.655. The number of hydrogen-bond donors (Lipinski definition) is 1. The molecule has 0 bridgehead atoms. The summed E-state index contributed by atoms with van der Waals surface area (Å²) in [7, 11) is 0. The molecule has 0 saturated heterocycles. The molecule has 0 aliphatic heterocycles. The molecule has 2 aromatic rings. The van der Waals surface area contributed by atoms with Gasteiger partial charge in [-0.1, -0.05) is 11.6 Å². The van der Waals surface area contributed by atoms with E-state index in [1.165, 1.54) is 12.1 Å². The molecule has 0 saturated carbocycles. The van der Waals surface area contributed by atoms with Gasteiger partial charge in [0.1, 0.15) is 16.8 Å². The van der Waals surface area contributed by atoms with Crippen molar-refractivity contribution in [3.05, 3.63) is 52.4 Å². The van der Waals surface area contributed by atoms with Crippen LogP contribution in [0.4, 0.5) is 29.1 Å². The number of rotatable bonds is 2. The second-order valence-corrected chi connectivity index (χ2v) is 4.38. The summed E-state index contributed by atoms with van der Waals surface area (Å²) in [5, 5.41) is 11.3. The van der Waals surface area contributed by atoms with Crippen molar-refractivity contribution in [2.24, 2.45) is 0 Å². The molecule has 0 atom stereocenters. The number of anilines is 2. The van der Waals surface area contributed by atoms with Crippen molar-refractivity contribution < 1.29 is 17.6 Å². The van der Waals surface area contributed by atoms with Crippen LogP contribution < -0.4 is 5.32 Å². The van der Waals surface area contributed by atoms with Gasteiger partial charge in [0, 0.05) is 5.69 Å². The van der Waals surface area contributed by atoms with E-state index in [0.717, 1.165) is 6.07 Å². The lowest BCUT2D eigenvalue weighted by Gasteiger charge is -2.11. The lowest BCUT2D eigenvalue weighted by Crippen LogP contribution is -2.08. The Kier molecular flexibility index (Phi) is 4.00. The summed E-state index contributed by atoms with van der Waals surface area (Å²) in [6.45, 7) is 0. The van der Waals surface area contributed by atoms with Gasteiger partial charge in [-0.05, 0) is 30.3 Å². The van der Waals surface area contributed by atoms with Crippen molar-refractivity contribution in [2.75, 3.05) is 5.32 Å². The molecule has 0 aliphatic carbocycles. The maximum absolute atomic E-state index is 13.2. The fraction of sp³-hybridized carbons (Fsp3) is 0.0769. The smallest absolute Gasteiger partial charge is 0.340 e. The number of halogens is 5. The van der Waals surface area contributed by atoms with Gasteiger partial charge in [-0.3, -0.25) is 0 Å². The van der Waals surface area contributed by atoms with Crippen LogP contribution in [-0.2, 0) is 6.18 Å². The maximum atomic E-state index is 13.2. The number of nitrogens with zero attached hydrogens (tertiary/aromatic N) is 2. The van der Waals surface area contributed by atoms with E-state index < -0.39 is 17.6 Å². The summed E-state index contributed by atoms with van der Waals surface area (Å²) in [5.41, 5.74) is -1.23. The molecule has 1 heterocycles. The molecule has 2 rings (SSSR count). The number of aromatic nitrogens is 1. The second kappa shape index (κ2) is 5.58. The predicted molar refractivity (Wildman–Crippen MR) is 68.6 cm³/mol. The van der Waals surface area contributed by atoms with Crippen LogP contribution in [0.5, 0.6) is 0 Å². The van der Waals surface area contributed by atoms with Gasteiger partial charge in [0.05, 0.1) is 17.2 Å². The third-order valence-electron chi connectivity index (χ3n) is 2.47. The Morgan fingerprint density at radius 3 is 2.52 bits per heavy atom. The zero-order valence-electron chi connectivity index (χ0n) is 10.2. The monoisotopic (exact) mass is 315 g/mol. The van der Waals surface area contributed by atoms with E-state index in [1.54, 1.807) is 0 Å². The highest BCUT2D eigenvalue weighted by Gasteiger charge is 2.34. The molecule has 0 spiro atoms. The van der Waals surface area contributed by atoms with Crippen LogP contribution in [0.2, 0.25) is 5.15 Å². The van der Waals surface area contributed by atoms with Crippen molar-refractivity contribution in [2.45, 2.75) is 6.18 Å². The number of benzene rings is 1. The van der Waals surface area contributed by atoms with Gasteiger partial charge < -0.3 is 5.32 Å². The fourth-order valence-electron chi connectivity index (χ4n) is 1.59. The zero-order chi connectivity index (χ0) is 15.6. The van der Waals surface area contributed by atoms with Crippen LogP contribution in [0.1, 0.15) is 11.1 Å². The predicted octanol–water partition coefficient (Wildman–Crippen LogP) is 4.51. The highest BCUT2D eigenvalue weighted by Crippen LogP contribution is 2.33. The van der Waals surface area contributed by atoms with Crippen LogP contribution in [0, 0.1) is 17.1 Å². The number of nitrogens with one attached hydrogen (secondary N) is 1. The van der Waals surface area contributed by atoms with Gasteiger partial charge in [-0.2, -0.15) is 18.4 Å². The van der Waals surface area contributed by atoms with Crippen molar-refractivity contribution in [1.29, 1.82) is 5.26 Å². The summed E-state index contributed by atoms with van der Waals surface area (Å²) in [5.74, 6) is -1.29. The average molecular weight is 316 g/mol. The molecule has 0 unspecified atom stereocenters. The maximum Gasteiger partial charge on any atom is 0.419 e. The van der Waals surface area contributed by atoms with E-state index in [2.05, 4.69) is 10.3 Å². The van der Waals surface area contributed by atoms with Crippen LogP contribution in [-0.4, -0.2) is 4.98 Å². The summed E-state index contributed by atoms with van der Waals surface area (Å²) >= 11 is 5.68. The highest BCUT2D eigenvalue weighted by molar-refractivity contribution is 6.29. The van der Waals surface area contributed by atoms with Crippen molar-refractivity contribution in [1.82, 2.24) is 4.98 Å². The molecular weight excluding hydrogens is 310 g/mol. The van der Waals surface area contributed by atoms with Gasteiger partial charge in [-0.25, -0.2) is 9.37 Å². The van der Waals surface area contributed by atoms with E-state index >= 15 is 0 Å². The van der Waals surface area contributed by atoms with E-state index in [4.69, 9.17) is 16.9 Å². The Morgan fingerprint density at radius 2 is 1.90 bits per heavy atom. The average Bonchev–Trinajstić information content (AvgIpc) is 2.39. The molecule has 3 nitrogen and oxygen atoms in total. The minimum atomic E-state index is -4.80. The minimum absolute atomic E-state index is 0.00899. The molecule has 0 amide bonds. The molecule has 0 aliphatic rings. The van der Waals surface area contributed by atoms with Crippen LogP contribution in [0.15, 0.2) is 30.3 Å². The Balaban J connectivity index is 2.37. The van der Waals surface area contributed by atoms with Gasteiger partial charge in [0.25, 0.3) is 0 Å². The Bertz CT molecular complexity index is 722. The van der Waals surface area contributed by atoms with Gasteiger partial charge in [0.2, 0.25) is 0 Å². The van der Waals surface area contributed by atoms with Gasteiger partial charge in [-0.15, -0.1) is 0 Å². The topological polar surface area (TPSA) is 48.7 Å². The van der Waals surface area contributed by atoms with Crippen LogP contribution in [0.25, 0.3) is 0 Å². The third kappa shape index (κ3) is 3.61. The first-order valence-corrected chi connectivity index (χ1v) is 5.89. The summed E-state index contributed by atoms with van der Waals surface area (Å²) in [4.78, 5) is 3.82. The molecule has 8 heteroatoms. The SMILES string of the molecule is N#Cc1cc(Cl)nc(Nc2ccc(F)c(C(F)(F)F)c2)c1. The summed E-state index contributed by atoms with van der Waals surface area (Å²) in [6.07, 6.45) is -4.80. The molecule has 108 valence electrons. The van der Waals surface area contributed by atoms with E-state index in [-0.39, 0.29) is 22.2 Å². The summed E-state index contributed by atoms with van der Waals surface area (Å²) in [6, 6.07) is 6.88. The van der Waals surface area contributed by atoms with Crippen molar-refractivity contribution >= 4 is 23.1 Å². The summed E-state index contributed by atoms with van der Waals surface area (Å²) < 4.78 is 51.0. The normalized spacial score (nSPS) is 11.0. The Labute approximate surface area is 121 Å². The molecule has 1 aromatic carbocycles. The van der Waals surface area contributed by atoms with E-state index in [0.29, 0.717) is 12.1 Å². The lowest BCUT2D eigenvalue weighted by atomic mass is 10.1. The second-order valence-electron chi connectivity index (χ2n) is 3.99. The first-order chi connectivity index (χ1) is 9.79. The van der Waals surface area contributed by atoms with E-state index in [9.17, 15) is 17.6 Å². The first-order valence-electron chi connectivity index (χ1n) is 5.51. The largest absolute Gasteiger partial charge is 0.419 e. The number of pyridine rings is 1. The Hall–Kier alpha value is -2.33. The zero-order valence-corrected chi connectivity index (χ0v) is 10.9. The van der Waals surface area contributed by atoms with Crippen molar-refractivity contribution in [3.8, 4) is 6.07 Å². The number of hydrogen-bond acceptors (Lipinski definition) is 3. The highest BCUT2D eigenvalue weighted by atomic mass is 35.5. The molecule has 21 heavy (non-hydrogen) atoms. The minimum Gasteiger partial charge on any atom is -0.340 e. The number of nitriles is 1. The molecule has 1 N–H and O–H groups in total. The molecular formula is C13H6ClF4N3. The van der Waals surface area contributed by atoms with Gasteiger partial charge in [0.15, 0.2) is 0 Å². The first kappa shape index (κ1) is 15.1. The molecule has 0 fully saturated rings. The van der Waals surface area contributed by atoms with Gasteiger partial charge >= 0.3 is 6.18 Å². The third-order valence-corrected chi connectivity index (χ3v) is 2.66. The van der Waals surface area contributed by atoms with E-state index in [1.807, 2.05) is 6.07 Å². The van der Waals surface area contributed by atoms with Crippen molar-refractivity contribution in [3.63, 3.8) is 0 Å². The molecule has 1 aromatic heterocycles. The lowest BCUT2D eigenvalue weighted by molar-refractivity contribution is -0.139. The fourth-order valence-corrected chi connectivity index (χ4v) is 1.80. The standard InChI is InChI=1S/C13H6ClF4N3/c14-11-3-7(6-19)4-12(21-11)20-8-1-2-10(15)9(5-8)13(16,17)18/h1-5H,(H,20,21). The molecule has 0 radical (unpaired) electrons. The Morgan fingerprint density at radius 1 is 1.19 bits per heavy atom. The van der Waals surface area contributed by atoms with Crippen LogP contribution >= 0.6 is 11.6 Å². The van der Waals surface area contributed by atoms with Crippen LogP contribution in [0.3, 0.4) is 0 Å². The number of alkyl halides is 3.